The number of nitrogens with zero attached hydrogens (tertiary/aromatic N) is 3. The third-order valence-corrected chi connectivity index (χ3v) is 2.66. The molecular weight excluding hydrogens is 242 g/mol. The topological polar surface area (TPSA) is 77.2 Å². The number of nitriles is 1. The van der Waals surface area contributed by atoms with Crippen LogP contribution in [0.1, 0.15) is 16.1 Å². The summed E-state index contributed by atoms with van der Waals surface area (Å²) in [6, 6.07) is 13.9. The summed E-state index contributed by atoms with van der Waals surface area (Å²) in [4.78, 5) is 16.7. The van der Waals surface area contributed by atoms with Crippen molar-refractivity contribution in [3.8, 4) is 6.07 Å². The first-order chi connectivity index (χ1) is 9.11. The molecule has 0 saturated heterocycles. The van der Waals surface area contributed by atoms with E-state index in [9.17, 15) is 4.79 Å². The van der Waals surface area contributed by atoms with Gasteiger partial charge in [-0.1, -0.05) is 12.1 Å². The van der Waals surface area contributed by atoms with Crippen LogP contribution in [0.4, 0.5) is 11.5 Å². The second-order valence-electron chi connectivity index (χ2n) is 3.91. The van der Waals surface area contributed by atoms with Gasteiger partial charge in [-0.05, 0) is 30.3 Å². The van der Waals surface area contributed by atoms with E-state index in [2.05, 4.69) is 11.1 Å². The second kappa shape index (κ2) is 5.19. The molecule has 94 valence electrons. The van der Waals surface area contributed by atoms with E-state index in [1.54, 1.807) is 42.3 Å². The molecule has 5 heteroatoms. The first-order valence-electron chi connectivity index (χ1n) is 5.56. The number of hydrogen-bond acceptors (Lipinski definition) is 4. The minimum absolute atomic E-state index is 0.0132. The molecule has 0 saturated carbocycles. The van der Waals surface area contributed by atoms with Crippen LogP contribution in [0, 0.1) is 11.3 Å². The Kier molecular flexibility index (Phi) is 3.44. The zero-order valence-corrected chi connectivity index (χ0v) is 10.2. The lowest BCUT2D eigenvalue weighted by molar-refractivity contribution is 0.0690. The highest BCUT2D eigenvalue weighted by molar-refractivity contribution is 5.86. The van der Waals surface area contributed by atoms with E-state index >= 15 is 0 Å². The number of benzene rings is 1. The molecule has 1 aromatic carbocycles. The predicted molar refractivity (Wildman–Crippen MR) is 70.4 cm³/mol. The fourth-order valence-corrected chi connectivity index (χ4v) is 1.65. The highest BCUT2D eigenvalue weighted by Gasteiger charge is 2.09. The van der Waals surface area contributed by atoms with Crippen molar-refractivity contribution in [3.63, 3.8) is 0 Å². The quantitative estimate of drug-likeness (QED) is 0.908. The van der Waals surface area contributed by atoms with Gasteiger partial charge in [0.05, 0.1) is 11.6 Å². The molecule has 19 heavy (non-hydrogen) atoms. The zero-order chi connectivity index (χ0) is 13.8. The third-order valence-electron chi connectivity index (χ3n) is 2.66. The van der Waals surface area contributed by atoms with E-state index in [4.69, 9.17) is 10.4 Å². The number of carboxylic acid groups (broad SMARTS) is 1. The summed E-state index contributed by atoms with van der Waals surface area (Å²) >= 11 is 0. The highest BCUT2D eigenvalue weighted by atomic mass is 16.4. The summed E-state index contributed by atoms with van der Waals surface area (Å²) in [5, 5.41) is 17.8. The van der Waals surface area contributed by atoms with E-state index in [-0.39, 0.29) is 5.69 Å². The summed E-state index contributed by atoms with van der Waals surface area (Å²) in [6.45, 7) is 0. The largest absolute Gasteiger partial charge is 0.477 e. The average Bonchev–Trinajstić information content (AvgIpc) is 2.46. The van der Waals surface area contributed by atoms with Gasteiger partial charge in [0.15, 0.2) is 5.69 Å². The minimum atomic E-state index is -1.07. The van der Waals surface area contributed by atoms with Gasteiger partial charge in [0.25, 0.3) is 0 Å². The fourth-order valence-electron chi connectivity index (χ4n) is 1.65. The van der Waals surface area contributed by atoms with Crippen LogP contribution in [0.3, 0.4) is 0 Å². The maximum absolute atomic E-state index is 10.9. The number of carboxylic acids is 1. The van der Waals surface area contributed by atoms with E-state index < -0.39 is 5.97 Å². The van der Waals surface area contributed by atoms with Gasteiger partial charge in [-0.2, -0.15) is 5.26 Å². The monoisotopic (exact) mass is 253 g/mol. The molecule has 0 radical (unpaired) electrons. The number of aromatic nitrogens is 1. The number of pyridine rings is 1. The van der Waals surface area contributed by atoms with Gasteiger partial charge in [0, 0.05) is 12.7 Å². The van der Waals surface area contributed by atoms with E-state index in [0.717, 1.165) is 5.69 Å². The Morgan fingerprint density at radius 1 is 1.32 bits per heavy atom. The Balaban J connectivity index is 2.38. The van der Waals surface area contributed by atoms with E-state index in [1.807, 2.05) is 6.07 Å². The normalized spacial score (nSPS) is 9.68. The summed E-state index contributed by atoms with van der Waals surface area (Å²) < 4.78 is 0. The van der Waals surface area contributed by atoms with E-state index in [0.29, 0.717) is 11.4 Å². The Hall–Kier alpha value is -2.87. The first kappa shape index (κ1) is 12.6. The molecule has 2 rings (SSSR count). The zero-order valence-electron chi connectivity index (χ0n) is 10.2. The van der Waals surface area contributed by atoms with Crippen molar-refractivity contribution in [2.75, 3.05) is 11.9 Å². The molecule has 0 aliphatic rings. The molecule has 0 aliphatic heterocycles. The van der Waals surface area contributed by atoms with Crippen LogP contribution in [-0.2, 0) is 0 Å². The Morgan fingerprint density at radius 3 is 2.74 bits per heavy atom. The average molecular weight is 253 g/mol. The number of anilines is 2. The predicted octanol–water partition coefficient (Wildman–Crippen LogP) is 2.42. The summed E-state index contributed by atoms with van der Waals surface area (Å²) in [5.41, 5.74) is 1.30. The van der Waals surface area contributed by atoms with Gasteiger partial charge < -0.3 is 10.0 Å². The maximum atomic E-state index is 10.9. The van der Waals surface area contributed by atoms with Crippen LogP contribution < -0.4 is 4.90 Å². The lowest BCUT2D eigenvalue weighted by Crippen LogP contribution is -2.13. The van der Waals surface area contributed by atoms with Gasteiger partial charge in [0.1, 0.15) is 5.82 Å². The Labute approximate surface area is 110 Å². The maximum Gasteiger partial charge on any atom is 0.354 e. The van der Waals surface area contributed by atoms with Gasteiger partial charge in [0.2, 0.25) is 0 Å². The van der Waals surface area contributed by atoms with Crippen molar-refractivity contribution in [1.29, 1.82) is 5.26 Å². The molecule has 0 fully saturated rings. The fraction of sp³-hybridized carbons (Fsp3) is 0.0714. The van der Waals surface area contributed by atoms with Gasteiger partial charge in [-0.15, -0.1) is 0 Å². The molecule has 0 bridgehead atoms. The molecule has 1 aromatic heterocycles. The van der Waals surface area contributed by atoms with Crippen molar-refractivity contribution in [2.24, 2.45) is 0 Å². The SMILES string of the molecule is CN(c1cccc(C#N)c1)c1cccc(C(=O)O)n1. The molecule has 0 atom stereocenters. The Morgan fingerprint density at radius 2 is 2.05 bits per heavy atom. The summed E-state index contributed by atoms with van der Waals surface area (Å²) in [6.07, 6.45) is 0. The van der Waals surface area contributed by atoms with Crippen LogP contribution in [0.2, 0.25) is 0 Å². The lowest BCUT2D eigenvalue weighted by atomic mass is 10.2. The van der Waals surface area contributed by atoms with Crippen LogP contribution in [0.25, 0.3) is 0 Å². The van der Waals surface area contributed by atoms with Gasteiger partial charge in [-0.3, -0.25) is 0 Å². The summed E-state index contributed by atoms with van der Waals surface area (Å²) in [5.74, 6) is -0.559. The van der Waals surface area contributed by atoms with Gasteiger partial charge >= 0.3 is 5.97 Å². The molecule has 0 amide bonds. The third kappa shape index (κ3) is 2.69. The van der Waals surface area contributed by atoms with Crippen LogP contribution in [0.5, 0.6) is 0 Å². The Bertz CT molecular complexity index is 662. The summed E-state index contributed by atoms with van der Waals surface area (Å²) in [7, 11) is 1.77. The minimum Gasteiger partial charge on any atom is -0.477 e. The number of rotatable bonds is 3. The molecule has 2 aromatic rings. The van der Waals surface area contributed by atoms with Crippen molar-refractivity contribution in [3.05, 3.63) is 53.7 Å². The molecule has 0 aliphatic carbocycles. The van der Waals surface area contributed by atoms with E-state index in [1.165, 1.54) is 6.07 Å². The number of hydrogen-bond donors (Lipinski definition) is 1. The van der Waals surface area contributed by atoms with Crippen LogP contribution >= 0.6 is 0 Å². The molecular formula is C14H11N3O2. The number of carbonyl (C=O) groups is 1. The van der Waals surface area contributed by atoms with Crippen molar-refractivity contribution in [1.82, 2.24) is 4.98 Å². The molecule has 0 spiro atoms. The first-order valence-corrected chi connectivity index (χ1v) is 5.56. The van der Waals surface area contributed by atoms with Gasteiger partial charge in [-0.25, -0.2) is 9.78 Å². The van der Waals surface area contributed by atoms with Crippen molar-refractivity contribution in [2.45, 2.75) is 0 Å². The van der Waals surface area contributed by atoms with Crippen LogP contribution in [-0.4, -0.2) is 23.1 Å². The molecule has 1 N–H and O–H groups in total. The number of aromatic carboxylic acids is 1. The molecule has 0 unspecified atom stereocenters. The smallest absolute Gasteiger partial charge is 0.354 e. The highest BCUT2D eigenvalue weighted by Crippen LogP contribution is 2.22. The second-order valence-corrected chi connectivity index (χ2v) is 3.91. The standard InChI is InChI=1S/C14H11N3O2/c1-17(11-5-2-4-10(8-11)9-15)13-7-3-6-12(16-13)14(18)19/h2-8H,1H3,(H,18,19). The van der Waals surface area contributed by atoms with Crippen molar-refractivity contribution >= 4 is 17.5 Å². The molecule has 5 nitrogen and oxygen atoms in total. The lowest BCUT2D eigenvalue weighted by Gasteiger charge is -2.18. The van der Waals surface area contributed by atoms with Crippen LogP contribution in [0.15, 0.2) is 42.5 Å². The molecule has 1 heterocycles. The van der Waals surface area contributed by atoms with Crippen molar-refractivity contribution < 1.29 is 9.90 Å².